The third kappa shape index (κ3) is 4.10. The van der Waals surface area contributed by atoms with Crippen molar-refractivity contribution in [2.24, 2.45) is 17.8 Å². The second-order valence-electron chi connectivity index (χ2n) is 6.99. The van der Waals surface area contributed by atoms with Gasteiger partial charge in [0, 0.05) is 13.1 Å². The van der Waals surface area contributed by atoms with E-state index < -0.39 is 0 Å². The molecule has 20 heavy (non-hydrogen) atoms. The molecule has 114 valence electrons. The van der Waals surface area contributed by atoms with E-state index in [0.29, 0.717) is 5.92 Å². The Kier molecular flexibility index (Phi) is 5.28. The molecule has 1 aromatic heterocycles. The van der Waals surface area contributed by atoms with Gasteiger partial charge in [0.2, 0.25) is 0 Å². The molecule has 0 amide bonds. The van der Waals surface area contributed by atoms with Gasteiger partial charge in [-0.3, -0.25) is 4.90 Å². The first-order valence-corrected chi connectivity index (χ1v) is 7.97. The minimum absolute atomic E-state index is 0.678. The van der Waals surface area contributed by atoms with Crippen LogP contribution in [0.15, 0.2) is 10.5 Å². The van der Waals surface area contributed by atoms with E-state index in [1.54, 1.807) is 0 Å². The molecule has 1 aliphatic heterocycles. The molecule has 2 heterocycles. The number of nitrogens with zero attached hydrogens (tertiary/aromatic N) is 1. The average molecular weight is 278 g/mol. The summed E-state index contributed by atoms with van der Waals surface area (Å²) in [6.07, 6.45) is 0. The molecule has 1 N–H and O–H groups in total. The maximum Gasteiger partial charge on any atom is 0.120 e. The number of furan rings is 1. The monoisotopic (exact) mass is 278 g/mol. The number of aryl methyl sites for hydroxylation is 1. The topological polar surface area (TPSA) is 28.4 Å². The summed E-state index contributed by atoms with van der Waals surface area (Å²) in [5, 5.41) is 3.46. The van der Waals surface area contributed by atoms with Crippen molar-refractivity contribution in [2.45, 2.75) is 47.7 Å². The Bertz CT molecular complexity index is 415. The summed E-state index contributed by atoms with van der Waals surface area (Å²) >= 11 is 0. The van der Waals surface area contributed by atoms with Gasteiger partial charge in [0.1, 0.15) is 11.5 Å². The Hall–Kier alpha value is -0.800. The van der Waals surface area contributed by atoms with E-state index in [1.165, 1.54) is 18.7 Å². The lowest BCUT2D eigenvalue weighted by atomic mass is 10.0. The van der Waals surface area contributed by atoms with Crippen molar-refractivity contribution in [2.75, 3.05) is 19.6 Å². The number of nitrogens with one attached hydrogen (secondary N) is 1. The van der Waals surface area contributed by atoms with Crippen LogP contribution < -0.4 is 5.32 Å². The van der Waals surface area contributed by atoms with Gasteiger partial charge in [-0.15, -0.1) is 0 Å². The second kappa shape index (κ2) is 6.77. The normalized spacial score (nSPS) is 23.9. The molecular formula is C17H30N2O. The summed E-state index contributed by atoms with van der Waals surface area (Å²) in [7, 11) is 0. The molecule has 2 atom stereocenters. The number of hydrogen-bond donors (Lipinski definition) is 1. The zero-order valence-corrected chi connectivity index (χ0v) is 13.7. The molecule has 0 bridgehead atoms. The molecular weight excluding hydrogens is 248 g/mol. The van der Waals surface area contributed by atoms with Crippen LogP contribution in [0.25, 0.3) is 0 Å². The predicted molar refractivity (Wildman–Crippen MR) is 83.6 cm³/mol. The Balaban J connectivity index is 1.87. The highest BCUT2D eigenvalue weighted by atomic mass is 16.3. The molecule has 1 aliphatic rings. The van der Waals surface area contributed by atoms with E-state index in [1.807, 2.05) is 0 Å². The smallest absolute Gasteiger partial charge is 0.120 e. The van der Waals surface area contributed by atoms with Crippen LogP contribution in [-0.2, 0) is 13.1 Å². The van der Waals surface area contributed by atoms with Gasteiger partial charge in [-0.1, -0.05) is 27.7 Å². The van der Waals surface area contributed by atoms with Gasteiger partial charge in [-0.25, -0.2) is 0 Å². The molecule has 0 spiro atoms. The van der Waals surface area contributed by atoms with Crippen LogP contribution in [0.4, 0.5) is 0 Å². The molecule has 0 aromatic carbocycles. The summed E-state index contributed by atoms with van der Waals surface area (Å²) in [6, 6.07) is 2.21. The lowest BCUT2D eigenvalue weighted by molar-refractivity contribution is 0.280. The van der Waals surface area contributed by atoms with Crippen LogP contribution in [0.2, 0.25) is 0 Å². The summed E-state index contributed by atoms with van der Waals surface area (Å²) in [6.45, 7) is 16.5. The van der Waals surface area contributed by atoms with Crippen molar-refractivity contribution in [1.82, 2.24) is 10.2 Å². The molecule has 2 unspecified atom stereocenters. The zero-order chi connectivity index (χ0) is 14.7. The first kappa shape index (κ1) is 15.6. The van der Waals surface area contributed by atoms with Crippen LogP contribution in [0.5, 0.6) is 0 Å². The van der Waals surface area contributed by atoms with Gasteiger partial charge in [-0.2, -0.15) is 0 Å². The fraction of sp³-hybridized carbons (Fsp3) is 0.765. The van der Waals surface area contributed by atoms with Gasteiger partial charge >= 0.3 is 0 Å². The molecule has 0 radical (unpaired) electrons. The fourth-order valence-electron chi connectivity index (χ4n) is 2.92. The predicted octanol–water partition coefficient (Wildman–Crippen LogP) is 3.42. The van der Waals surface area contributed by atoms with Crippen LogP contribution in [0, 0.1) is 24.7 Å². The minimum Gasteiger partial charge on any atom is -0.463 e. The second-order valence-corrected chi connectivity index (χ2v) is 6.99. The third-order valence-electron chi connectivity index (χ3n) is 4.35. The van der Waals surface area contributed by atoms with Gasteiger partial charge in [-0.05, 0) is 42.9 Å². The van der Waals surface area contributed by atoms with E-state index in [2.05, 4.69) is 50.9 Å². The Morgan fingerprint density at radius 1 is 1.30 bits per heavy atom. The lowest BCUT2D eigenvalue weighted by Gasteiger charge is -2.13. The Labute approximate surface area is 123 Å². The molecule has 1 fully saturated rings. The van der Waals surface area contributed by atoms with Crippen molar-refractivity contribution in [3.8, 4) is 0 Å². The van der Waals surface area contributed by atoms with E-state index in [0.717, 1.165) is 43.0 Å². The maximum atomic E-state index is 6.02. The average Bonchev–Trinajstić information content (AvgIpc) is 2.83. The highest BCUT2D eigenvalue weighted by molar-refractivity contribution is 5.20. The maximum absolute atomic E-state index is 6.02. The van der Waals surface area contributed by atoms with Crippen molar-refractivity contribution in [3.05, 3.63) is 23.2 Å². The molecule has 0 saturated carbocycles. The number of likely N-dealkylation sites (tertiary alicyclic amines) is 1. The molecule has 1 aromatic rings. The lowest BCUT2D eigenvalue weighted by Crippen LogP contribution is -2.20. The Morgan fingerprint density at radius 2 is 1.95 bits per heavy atom. The van der Waals surface area contributed by atoms with E-state index >= 15 is 0 Å². The first-order chi connectivity index (χ1) is 9.45. The number of hydrogen-bond acceptors (Lipinski definition) is 3. The van der Waals surface area contributed by atoms with Gasteiger partial charge in [0.25, 0.3) is 0 Å². The van der Waals surface area contributed by atoms with Crippen LogP contribution in [0.3, 0.4) is 0 Å². The summed E-state index contributed by atoms with van der Waals surface area (Å²) in [5.74, 6) is 4.50. The van der Waals surface area contributed by atoms with E-state index in [-0.39, 0.29) is 0 Å². The third-order valence-corrected chi connectivity index (χ3v) is 4.35. The van der Waals surface area contributed by atoms with Crippen LogP contribution >= 0.6 is 0 Å². The zero-order valence-electron chi connectivity index (χ0n) is 13.7. The highest BCUT2D eigenvalue weighted by Crippen LogP contribution is 2.25. The van der Waals surface area contributed by atoms with Crippen molar-refractivity contribution in [1.29, 1.82) is 0 Å². The fourth-order valence-corrected chi connectivity index (χ4v) is 2.92. The van der Waals surface area contributed by atoms with E-state index in [9.17, 15) is 0 Å². The van der Waals surface area contributed by atoms with Gasteiger partial charge in [0.05, 0.1) is 13.1 Å². The number of rotatable bonds is 6. The summed E-state index contributed by atoms with van der Waals surface area (Å²) in [4.78, 5) is 2.51. The SMILES string of the molecule is Cc1cc(CN2CC(C)C(C)C2)oc1CNCC(C)C. The molecule has 3 heteroatoms. The summed E-state index contributed by atoms with van der Waals surface area (Å²) < 4.78 is 6.02. The van der Waals surface area contributed by atoms with E-state index in [4.69, 9.17) is 4.42 Å². The first-order valence-electron chi connectivity index (χ1n) is 7.97. The van der Waals surface area contributed by atoms with Gasteiger partial charge < -0.3 is 9.73 Å². The largest absolute Gasteiger partial charge is 0.463 e. The molecule has 0 aliphatic carbocycles. The summed E-state index contributed by atoms with van der Waals surface area (Å²) in [5.41, 5.74) is 1.27. The van der Waals surface area contributed by atoms with Crippen LogP contribution in [0.1, 0.15) is 44.8 Å². The minimum atomic E-state index is 0.678. The van der Waals surface area contributed by atoms with Gasteiger partial charge in [0.15, 0.2) is 0 Å². The van der Waals surface area contributed by atoms with Crippen molar-refractivity contribution in [3.63, 3.8) is 0 Å². The molecule has 1 saturated heterocycles. The Morgan fingerprint density at radius 3 is 2.55 bits per heavy atom. The quantitative estimate of drug-likeness (QED) is 0.864. The standard InChI is InChI=1S/C17H30N2O/c1-12(2)7-18-8-17-13(3)6-16(20-17)11-19-9-14(4)15(5)10-19/h6,12,14-15,18H,7-11H2,1-5H3. The molecule has 2 rings (SSSR count). The van der Waals surface area contributed by atoms with Crippen LogP contribution in [-0.4, -0.2) is 24.5 Å². The molecule has 3 nitrogen and oxygen atoms in total. The highest BCUT2D eigenvalue weighted by Gasteiger charge is 2.26. The van der Waals surface area contributed by atoms with Crippen molar-refractivity contribution < 1.29 is 4.42 Å². The van der Waals surface area contributed by atoms with Crippen molar-refractivity contribution >= 4 is 0 Å².